The molecule has 2 rings (SSSR count). The Bertz CT molecular complexity index is 523. The van der Waals surface area contributed by atoms with Gasteiger partial charge in [0, 0.05) is 18.8 Å². The van der Waals surface area contributed by atoms with Crippen LogP contribution in [0.1, 0.15) is 49.7 Å². The first kappa shape index (κ1) is 15.7. The number of hydrogen-bond acceptors (Lipinski definition) is 2. The Morgan fingerprint density at radius 2 is 1.76 bits per heavy atom. The highest BCUT2D eigenvalue weighted by Crippen LogP contribution is 2.35. The molecule has 0 saturated heterocycles. The molecule has 1 aliphatic carbocycles. The molecule has 0 bridgehead atoms. The lowest BCUT2D eigenvalue weighted by molar-refractivity contribution is -0.137. The number of hydrogen-bond donors (Lipinski definition) is 0. The van der Waals surface area contributed by atoms with Crippen molar-refractivity contribution in [1.29, 1.82) is 5.26 Å². The molecular weight excluding hydrogens is 277 g/mol. The average Bonchev–Trinajstić information content (AvgIpc) is 2.74. The molecule has 1 aromatic carbocycles. The molecular formula is C16H19F3N2. The maximum absolute atomic E-state index is 13.0. The summed E-state index contributed by atoms with van der Waals surface area (Å²) in [7, 11) is 1.84. The van der Waals surface area contributed by atoms with E-state index in [1.807, 2.05) is 11.9 Å². The summed E-state index contributed by atoms with van der Waals surface area (Å²) in [4.78, 5) is 1.93. The van der Waals surface area contributed by atoms with E-state index < -0.39 is 11.7 Å². The van der Waals surface area contributed by atoms with Gasteiger partial charge in [-0.3, -0.25) is 0 Å². The summed E-state index contributed by atoms with van der Waals surface area (Å²) < 4.78 is 39.0. The molecule has 0 radical (unpaired) electrons. The Balaban J connectivity index is 2.29. The topological polar surface area (TPSA) is 27.0 Å². The highest BCUT2D eigenvalue weighted by atomic mass is 19.4. The Morgan fingerprint density at radius 3 is 2.29 bits per heavy atom. The summed E-state index contributed by atoms with van der Waals surface area (Å²) in [6, 6.07) is 5.88. The Labute approximate surface area is 123 Å². The van der Waals surface area contributed by atoms with Crippen LogP contribution in [0.4, 0.5) is 18.9 Å². The minimum atomic E-state index is -4.49. The van der Waals surface area contributed by atoms with Gasteiger partial charge in [0.25, 0.3) is 0 Å². The normalized spacial score (nSPS) is 17.1. The van der Waals surface area contributed by atoms with Gasteiger partial charge in [0.1, 0.15) is 0 Å². The van der Waals surface area contributed by atoms with Crippen molar-refractivity contribution in [3.05, 3.63) is 29.3 Å². The first-order valence-electron chi connectivity index (χ1n) is 7.27. The monoisotopic (exact) mass is 296 g/mol. The molecule has 0 spiro atoms. The zero-order valence-electron chi connectivity index (χ0n) is 12.1. The van der Waals surface area contributed by atoms with Gasteiger partial charge >= 0.3 is 6.18 Å². The predicted octanol–water partition coefficient (Wildman–Crippen LogP) is 4.74. The zero-order valence-corrected chi connectivity index (χ0v) is 12.1. The van der Waals surface area contributed by atoms with Crippen LogP contribution in [0, 0.1) is 11.3 Å². The number of alkyl halides is 3. The molecule has 114 valence electrons. The third-order valence-corrected chi connectivity index (χ3v) is 4.21. The van der Waals surface area contributed by atoms with Gasteiger partial charge in [0.15, 0.2) is 0 Å². The number of benzene rings is 1. The Hall–Kier alpha value is -1.70. The molecule has 21 heavy (non-hydrogen) atoms. The smallest absolute Gasteiger partial charge is 0.372 e. The Kier molecular flexibility index (Phi) is 4.76. The molecule has 5 heteroatoms. The van der Waals surface area contributed by atoms with Crippen LogP contribution in [0.5, 0.6) is 0 Å². The molecule has 1 fully saturated rings. The summed E-state index contributed by atoms with van der Waals surface area (Å²) in [5, 5.41) is 8.83. The lowest BCUT2D eigenvalue weighted by Crippen LogP contribution is -2.31. The van der Waals surface area contributed by atoms with E-state index in [0.717, 1.165) is 31.7 Å². The fourth-order valence-electron chi connectivity index (χ4n) is 2.94. The van der Waals surface area contributed by atoms with Crippen LogP contribution in [-0.2, 0) is 6.18 Å². The van der Waals surface area contributed by atoms with E-state index in [9.17, 15) is 13.2 Å². The van der Waals surface area contributed by atoms with Crippen molar-refractivity contribution in [3.63, 3.8) is 0 Å². The van der Waals surface area contributed by atoms with Crippen molar-refractivity contribution in [2.75, 3.05) is 11.9 Å². The minimum absolute atomic E-state index is 0.279. The molecule has 0 unspecified atom stereocenters. The second-order valence-corrected chi connectivity index (χ2v) is 5.60. The zero-order chi connectivity index (χ0) is 15.5. The van der Waals surface area contributed by atoms with Gasteiger partial charge < -0.3 is 4.90 Å². The molecule has 2 nitrogen and oxygen atoms in total. The van der Waals surface area contributed by atoms with Crippen LogP contribution in [0.25, 0.3) is 0 Å². The van der Waals surface area contributed by atoms with Gasteiger partial charge in [-0.1, -0.05) is 25.7 Å². The largest absolute Gasteiger partial charge is 0.417 e. The maximum atomic E-state index is 13.0. The molecule has 1 aliphatic rings. The van der Waals surface area contributed by atoms with Crippen molar-refractivity contribution < 1.29 is 13.2 Å². The first-order valence-corrected chi connectivity index (χ1v) is 7.27. The van der Waals surface area contributed by atoms with Crippen molar-refractivity contribution >= 4 is 5.69 Å². The van der Waals surface area contributed by atoms with Crippen LogP contribution in [0.3, 0.4) is 0 Å². The van der Waals surface area contributed by atoms with Crippen LogP contribution in [-0.4, -0.2) is 13.1 Å². The highest BCUT2D eigenvalue weighted by molar-refractivity contribution is 5.55. The minimum Gasteiger partial charge on any atom is -0.372 e. The number of rotatable bonds is 2. The quantitative estimate of drug-likeness (QED) is 0.737. The lowest BCUT2D eigenvalue weighted by atomic mass is 10.0. The summed E-state index contributed by atoms with van der Waals surface area (Å²) >= 11 is 0. The van der Waals surface area contributed by atoms with Crippen molar-refractivity contribution in [3.8, 4) is 6.07 Å². The van der Waals surface area contributed by atoms with E-state index in [1.165, 1.54) is 18.9 Å². The molecule has 0 aromatic heterocycles. The first-order chi connectivity index (χ1) is 9.93. The lowest BCUT2D eigenvalue weighted by Gasteiger charge is -2.30. The fraction of sp³-hybridized carbons (Fsp3) is 0.562. The van der Waals surface area contributed by atoms with E-state index in [1.54, 1.807) is 12.1 Å². The van der Waals surface area contributed by atoms with E-state index in [2.05, 4.69) is 0 Å². The van der Waals surface area contributed by atoms with Crippen LogP contribution < -0.4 is 4.90 Å². The third kappa shape index (κ3) is 3.69. The highest BCUT2D eigenvalue weighted by Gasteiger charge is 2.34. The summed E-state index contributed by atoms with van der Waals surface area (Å²) in [5.74, 6) is 0. The van der Waals surface area contributed by atoms with E-state index in [4.69, 9.17) is 5.26 Å². The van der Waals surface area contributed by atoms with Crippen LogP contribution in [0.2, 0.25) is 0 Å². The molecule has 0 amide bonds. The van der Waals surface area contributed by atoms with Gasteiger partial charge in [-0.25, -0.2) is 0 Å². The van der Waals surface area contributed by atoms with E-state index in [-0.39, 0.29) is 11.6 Å². The SMILES string of the molecule is CN(c1ccc(C#N)c(C(F)(F)F)c1)C1CCCCCC1. The fourth-order valence-corrected chi connectivity index (χ4v) is 2.94. The van der Waals surface area contributed by atoms with Crippen molar-refractivity contribution in [2.24, 2.45) is 0 Å². The number of halogens is 3. The second-order valence-electron chi connectivity index (χ2n) is 5.60. The summed E-state index contributed by atoms with van der Waals surface area (Å²) in [5.41, 5.74) is -0.628. The molecule has 0 heterocycles. The number of nitrogens with zero attached hydrogens (tertiary/aromatic N) is 2. The average molecular weight is 296 g/mol. The number of nitriles is 1. The van der Waals surface area contributed by atoms with Gasteiger partial charge in [-0.15, -0.1) is 0 Å². The van der Waals surface area contributed by atoms with Crippen LogP contribution >= 0.6 is 0 Å². The van der Waals surface area contributed by atoms with Gasteiger partial charge in [-0.05, 0) is 31.0 Å². The van der Waals surface area contributed by atoms with Crippen molar-refractivity contribution in [2.45, 2.75) is 50.7 Å². The Morgan fingerprint density at radius 1 is 1.14 bits per heavy atom. The summed E-state index contributed by atoms with van der Waals surface area (Å²) in [6.45, 7) is 0. The molecule has 1 saturated carbocycles. The third-order valence-electron chi connectivity index (χ3n) is 4.21. The van der Waals surface area contributed by atoms with E-state index >= 15 is 0 Å². The molecule has 0 N–H and O–H groups in total. The molecule has 0 atom stereocenters. The second kappa shape index (κ2) is 6.38. The summed E-state index contributed by atoms with van der Waals surface area (Å²) in [6.07, 6.45) is 2.17. The predicted molar refractivity (Wildman–Crippen MR) is 76.1 cm³/mol. The van der Waals surface area contributed by atoms with Gasteiger partial charge in [0.2, 0.25) is 0 Å². The van der Waals surface area contributed by atoms with Crippen LogP contribution in [0.15, 0.2) is 18.2 Å². The van der Waals surface area contributed by atoms with Gasteiger partial charge in [0.05, 0.1) is 17.2 Å². The van der Waals surface area contributed by atoms with E-state index in [0.29, 0.717) is 5.69 Å². The maximum Gasteiger partial charge on any atom is 0.417 e. The molecule has 1 aromatic rings. The number of anilines is 1. The molecule has 0 aliphatic heterocycles. The van der Waals surface area contributed by atoms with Gasteiger partial charge in [-0.2, -0.15) is 18.4 Å². The standard InChI is InChI=1S/C16H19F3N2/c1-21(13-6-4-2-3-5-7-13)14-9-8-12(11-20)15(10-14)16(17,18)19/h8-10,13H,2-7H2,1H3. The van der Waals surface area contributed by atoms with Crippen molar-refractivity contribution in [1.82, 2.24) is 0 Å².